The zero-order valence-electron chi connectivity index (χ0n) is 18.2. The maximum Gasteiger partial charge on any atom is 0.358 e. The van der Waals surface area contributed by atoms with Gasteiger partial charge in [0, 0.05) is 0 Å². The highest BCUT2D eigenvalue weighted by molar-refractivity contribution is 7.15. The summed E-state index contributed by atoms with van der Waals surface area (Å²) >= 11 is 1.10. The van der Waals surface area contributed by atoms with Gasteiger partial charge in [0.25, 0.3) is 0 Å². The lowest BCUT2D eigenvalue weighted by atomic mass is 9.98. The molecule has 1 aliphatic rings. The quantitative estimate of drug-likeness (QED) is 0.472. The summed E-state index contributed by atoms with van der Waals surface area (Å²) in [6.07, 6.45) is 2.05. The summed E-state index contributed by atoms with van der Waals surface area (Å²) in [4.78, 5) is 30.2. The molecule has 0 bridgehead atoms. The molecule has 9 heteroatoms. The number of methoxy groups -OCH3 is 2. The topological polar surface area (TPSA) is 101 Å². The molecule has 1 aromatic heterocycles. The van der Waals surface area contributed by atoms with Crippen molar-refractivity contribution in [1.82, 2.24) is 4.98 Å². The third kappa shape index (κ3) is 4.98. The molecule has 0 saturated heterocycles. The Morgan fingerprint density at radius 1 is 1.15 bits per heavy atom. The zero-order valence-corrected chi connectivity index (χ0v) is 19.0. The fourth-order valence-corrected chi connectivity index (χ4v) is 4.62. The van der Waals surface area contributed by atoms with Gasteiger partial charge in [0.1, 0.15) is 16.7 Å². The fraction of sp³-hybridized carbons (Fsp3) is 0.292. The molecule has 33 heavy (non-hydrogen) atoms. The van der Waals surface area contributed by atoms with E-state index in [1.165, 1.54) is 26.4 Å². The minimum absolute atomic E-state index is 0.0352. The van der Waals surface area contributed by atoms with Crippen LogP contribution in [0, 0.1) is 11.7 Å². The number of ether oxygens (including phenoxy) is 3. The normalized spacial score (nSPS) is 13.9. The van der Waals surface area contributed by atoms with Crippen molar-refractivity contribution < 1.29 is 28.2 Å². The largest absolute Gasteiger partial charge is 0.493 e. The molecular formula is C24H23FN2O5S. The van der Waals surface area contributed by atoms with Crippen molar-refractivity contribution in [3.05, 3.63) is 64.5 Å². The molecule has 1 heterocycles. The lowest BCUT2D eigenvalue weighted by Crippen LogP contribution is -2.22. The van der Waals surface area contributed by atoms with Gasteiger partial charge < -0.3 is 19.9 Å². The van der Waals surface area contributed by atoms with E-state index in [1.54, 1.807) is 30.3 Å². The van der Waals surface area contributed by atoms with Crippen molar-refractivity contribution >= 4 is 23.2 Å². The molecule has 172 valence electrons. The molecule has 4 rings (SSSR count). The van der Waals surface area contributed by atoms with Gasteiger partial charge in [-0.15, -0.1) is 11.3 Å². The number of esters is 1. The Balaban J connectivity index is 1.78. The third-order valence-electron chi connectivity index (χ3n) is 5.34. The lowest BCUT2D eigenvalue weighted by molar-refractivity contribution is -0.118. The summed E-state index contributed by atoms with van der Waals surface area (Å²) in [5.74, 6) is -1.38. The first kappa shape index (κ1) is 22.7. The van der Waals surface area contributed by atoms with Crippen LogP contribution in [0.5, 0.6) is 11.5 Å². The van der Waals surface area contributed by atoms with Crippen LogP contribution in [0.3, 0.4) is 0 Å². The Morgan fingerprint density at radius 3 is 2.55 bits per heavy atom. The fourth-order valence-electron chi connectivity index (χ4n) is 3.43. The predicted molar refractivity (Wildman–Crippen MR) is 121 cm³/mol. The molecule has 2 aromatic carbocycles. The van der Waals surface area contributed by atoms with E-state index in [9.17, 15) is 14.0 Å². The predicted octanol–water partition coefficient (Wildman–Crippen LogP) is 4.15. The van der Waals surface area contributed by atoms with Crippen LogP contribution < -0.4 is 15.2 Å². The SMILES string of the molecule is COc1ccc(C(C(N)=O)c2nc(C(=O)OCC3CC3)c(-c3cccc(F)c3)s2)cc1OC. The number of hydrogen-bond acceptors (Lipinski definition) is 7. The third-order valence-corrected chi connectivity index (χ3v) is 6.51. The molecule has 2 N–H and O–H groups in total. The highest BCUT2D eigenvalue weighted by Gasteiger charge is 2.31. The van der Waals surface area contributed by atoms with Gasteiger partial charge in [-0.1, -0.05) is 18.2 Å². The molecule has 1 atom stereocenters. The molecule has 1 saturated carbocycles. The highest BCUT2D eigenvalue weighted by Crippen LogP contribution is 2.39. The number of primary amides is 1. The van der Waals surface area contributed by atoms with E-state index in [2.05, 4.69) is 4.98 Å². The zero-order chi connectivity index (χ0) is 23.5. The molecule has 0 spiro atoms. The van der Waals surface area contributed by atoms with Crippen LogP contribution in [0.25, 0.3) is 10.4 Å². The summed E-state index contributed by atoms with van der Waals surface area (Å²) in [5.41, 5.74) is 6.77. The Labute approximate surface area is 194 Å². The number of nitrogens with two attached hydrogens (primary N) is 1. The smallest absolute Gasteiger partial charge is 0.358 e. The number of carbonyl (C=O) groups is 2. The van der Waals surface area contributed by atoms with Gasteiger partial charge in [0.05, 0.1) is 25.7 Å². The van der Waals surface area contributed by atoms with Crippen molar-refractivity contribution in [2.45, 2.75) is 18.8 Å². The summed E-state index contributed by atoms with van der Waals surface area (Å²) in [6, 6.07) is 10.8. The minimum atomic E-state index is -0.952. The molecule has 7 nitrogen and oxygen atoms in total. The maximum absolute atomic E-state index is 13.9. The van der Waals surface area contributed by atoms with Crippen LogP contribution in [0.4, 0.5) is 4.39 Å². The summed E-state index contributed by atoms with van der Waals surface area (Å²) < 4.78 is 30.0. The second-order valence-electron chi connectivity index (χ2n) is 7.73. The summed E-state index contributed by atoms with van der Waals surface area (Å²) in [7, 11) is 3.00. The molecule has 3 aromatic rings. The van der Waals surface area contributed by atoms with E-state index in [0.29, 0.717) is 45.0 Å². The Morgan fingerprint density at radius 2 is 1.91 bits per heavy atom. The number of thiazole rings is 1. The lowest BCUT2D eigenvalue weighted by Gasteiger charge is -2.14. The van der Waals surface area contributed by atoms with E-state index >= 15 is 0 Å². The average Bonchev–Trinajstić information content (AvgIpc) is 3.54. The molecule has 0 aliphatic heterocycles. The number of carbonyl (C=O) groups excluding carboxylic acids is 2. The molecule has 1 amide bonds. The summed E-state index contributed by atoms with van der Waals surface area (Å²) in [6.45, 7) is 0.309. The van der Waals surface area contributed by atoms with Crippen molar-refractivity contribution in [3.63, 3.8) is 0 Å². The molecule has 0 radical (unpaired) electrons. The monoisotopic (exact) mass is 470 g/mol. The molecule has 1 unspecified atom stereocenters. The second-order valence-corrected chi connectivity index (χ2v) is 8.76. The van der Waals surface area contributed by atoms with E-state index in [4.69, 9.17) is 19.9 Å². The van der Waals surface area contributed by atoms with E-state index < -0.39 is 23.6 Å². The number of halogens is 1. The van der Waals surface area contributed by atoms with Crippen molar-refractivity contribution in [2.24, 2.45) is 11.7 Å². The van der Waals surface area contributed by atoms with Gasteiger partial charge in [-0.3, -0.25) is 4.79 Å². The van der Waals surface area contributed by atoms with E-state index in [1.807, 2.05) is 0 Å². The number of amides is 1. The number of aromatic nitrogens is 1. The van der Waals surface area contributed by atoms with Crippen molar-refractivity contribution in [1.29, 1.82) is 0 Å². The van der Waals surface area contributed by atoms with Gasteiger partial charge in [-0.05, 0) is 54.2 Å². The first-order valence-electron chi connectivity index (χ1n) is 10.4. The molecular weight excluding hydrogens is 447 g/mol. The van der Waals surface area contributed by atoms with Crippen LogP contribution in [0.1, 0.15) is 39.8 Å². The van der Waals surface area contributed by atoms with E-state index in [0.717, 1.165) is 24.2 Å². The van der Waals surface area contributed by atoms with Gasteiger partial charge in [-0.25, -0.2) is 14.2 Å². The number of rotatable bonds is 9. The Kier molecular flexibility index (Phi) is 6.60. The first-order chi connectivity index (χ1) is 15.9. The maximum atomic E-state index is 13.9. The second kappa shape index (κ2) is 9.58. The van der Waals surface area contributed by atoms with Gasteiger partial charge >= 0.3 is 5.97 Å². The summed E-state index contributed by atoms with van der Waals surface area (Å²) in [5, 5.41) is 0.298. The van der Waals surface area contributed by atoms with Gasteiger partial charge in [0.15, 0.2) is 17.2 Å². The minimum Gasteiger partial charge on any atom is -0.493 e. The van der Waals surface area contributed by atoms with Crippen LogP contribution in [0.15, 0.2) is 42.5 Å². The van der Waals surface area contributed by atoms with Crippen LogP contribution in [0.2, 0.25) is 0 Å². The van der Waals surface area contributed by atoms with Crippen LogP contribution in [-0.4, -0.2) is 37.7 Å². The number of nitrogens with zero attached hydrogens (tertiary/aromatic N) is 1. The highest BCUT2D eigenvalue weighted by atomic mass is 32.1. The van der Waals surface area contributed by atoms with Crippen LogP contribution >= 0.6 is 11.3 Å². The number of benzene rings is 2. The van der Waals surface area contributed by atoms with Gasteiger partial charge in [0.2, 0.25) is 5.91 Å². The molecule has 1 fully saturated rings. The Hall–Kier alpha value is -3.46. The molecule has 1 aliphatic carbocycles. The van der Waals surface area contributed by atoms with Crippen LogP contribution in [-0.2, 0) is 9.53 Å². The first-order valence-corrected chi connectivity index (χ1v) is 11.2. The standard InChI is InChI=1S/C24H23FN2O5S/c1-30-17-9-8-14(11-18(17)31-2)19(22(26)28)23-27-20(24(29)32-12-13-6-7-13)21(33-23)15-4-3-5-16(25)10-15/h3-5,8-11,13,19H,6-7,12H2,1-2H3,(H2,26,28). The van der Waals surface area contributed by atoms with Gasteiger partial charge in [-0.2, -0.15) is 0 Å². The average molecular weight is 471 g/mol. The number of hydrogen-bond donors (Lipinski definition) is 1. The van der Waals surface area contributed by atoms with Crippen molar-refractivity contribution in [2.75, 3.05) is 20.8 Å². The van der Waals surface area contributed by atoms with E-state index in [-0.39, 0.29) is 5.69 Å². The van der Waals surface area contributed by atoms with Crippen molar-refractivity contribution in [3.8, 4) is 21.9 Å². The Bertz CT molecular complexity index is 1190.